The van der Waals surface area contributed by atoms with Crippen molar-refractivity contribution >= 4 is 34.8 Å². The monoisotopic (exact) mass is 374 g/mol. The summed E-state index contributed by atoms with van der Waals surface area (Å²) in [6, 6.07) is 12.4. The van der Waals surface area contributed by atoms with Crippen molar-refractivity contribution < 1.29 is 14.3 Å². The second kappa shape index (κ2) is 8.23. The van der Waals surface area contributed by atoms with E-state index in [1.807, 2.05) is 31.2 Å². The maximum Gasteiger partial charge on any atom is 0.239 e. The number of aryl methyl sites for hydroxylation is 1. The quantitative estimate of drug-likeness (QED) is 0.731. The van der Waals surface area contributed by atoms with Crippen molar-refractivity contribution in [1.82, 2.24) is 0 Å². The molecular formula is C20H23ClN2O3. The largest absolute Gasteiger partial charge is 0.495 e. The molecule has 0 saturated heterocycles. The van der Waals surface area contributed by atoms with Crippen LogP contribution in [0, 0.1) is 5.41 Å². The summed E-state index contributed by atoms with van der Waals surface area (Å²) in [6.45, 7) is 5.17. The molecule has 0 aromatic heterocycles. The predicted molar refractivity (Wildman–Crippen MR) is 105 cm³/mol. The van der Waals surface area contributed by atoms with Crippen molar-refractivity contribution in [3.63, 3.8) is 0 Å². The average Bonchev–Trinajstić information content (AvgIpc) is 2.62. The first kappa shape index (κ1) is 19.8. The van der Waals surface area contributed by atoms with Gasteiger partial charge < -0.3 is 15.4 Å². The zero-order valence-electron chi connectivity index (χ0n) is 15.4. The van der Waals surface area contributed by atoms with E-state index in [-0.39, 0.29) is 5.91 Å². The fraction of sp³-hybridized carbons (Fsp3) is 0.300. The fourth-order valence-electron chi connectivity index (χ4n) is 2.36. The molecule has 0 aliphatic heterocycles. The van der Waals surface area contributed by atoms with Crippen LogP contribution in [0.5, 0.6) is 5.75 Å². The minimum atomic E-state index is -1.27. The maximum absolute atomic E-state index is 12.7. The Balaban J connectivity index is 2.13. The van der Waals surface area contributed by atoms with E-state index >= 15 is 0 Å². The van der Waals surface area contributed by atoms with Crippen molar-refractivity contribution in [2.75, 3.05) is 17.7 Å². The average molecular weight is 375 g/mol. The van der Waals surface area contributed by atoms with Crippen molar-refractivity contribution in [3.05, 3.63) is 53.1 Å². The van der Waals surface area contributed by atoms with Gasteiger partial charge in [0.15, 0.2) is 0 Å². The van der Waals surface area contributed by atoms with Crippen LogP contribution in [0.4, 0.5) is 11.4 Å². The standard InChI is InChI=1S/C20H23ClN2O3/c1-5-13-8-6-7-9-16(13)23-19(25)20(2,3)18(24)22-14-10-11-17(26-4)15(21)12-14/h6-12H,5H2,1-4H3,(H,22,24)(H,23,25). The van der Waals surface area contributed by atoms with Crippen LogP contribution in [0.3, 0.4) is 0 Å². The molecule has 2 rings (SSSR count). The Hall–Kier alpha value is -2.53. The van der Waals surface area contributed by atoms with E-state index in [0.29, 0.717) is 22.1 Å². The van der Waals surface area contributed by atoms with E-state index in [1.54, 1.807) is 32.0 Å². The smallest absolute Gasteiger partial charge is 0.239 e. The first-order valence-corrected chi connectivity index (χ1v) is 8.71. The van der Waals surface area contributed by atoms with E-state index in [9.17, 15) is 9.59 Å². The number of benzene rings is 2. The van der Waals surface area contributed by atoms with Crippen molar-refractivity contribution in [2.45, 2.75) is 27.2 Å². The van der Waals surface area contributed by atoms with Gasteiger partial charge in [0, 0.05) is 11.4 Å². The van der Waals surface area contributed by atoms with Crippen LogP contribution in [0.25, 0.3) is 0 Å². The van der Waals surface area contributed by atoms with Crippen LogP contribution >= 0.6 is 11.6 Å². The Kier molecular flexibility index (Phi) is 6.27. The van der Waals surface area contributed by atoms with Gasteiger partial charge in [-0.3, -0.25) is 9.59 Å². The first-order chi connectivity index (χ1) is 12.3. The molecule has 0 bridgehead atoms. The molecule has 26 heavy (non-hydrogen) atoms. The number of ether oxygens (including phenoxy) is 1. The molecule has 2 amide bonds. The lowest BCUT2D eigenvalue weighted by Crippen LogP contribution is -2.41. The summed E-state index contributed by atoms with van der Waals surface area (Å²) in [5.41, 5.74) is 0.954. The molecule has 2 aromatic rings. The van der Waals surface area contributed by atoms with E-state index in [0.717, 1.165) is 12.0 Å². The minimum absolute atomic E-state index is 0.379. The van der Waals surface area contributed by atoms with Gasteiger partial charge in [-0.1, -0.05) is 36.7 Å². The highest BCUT2D eigenvalue weighted by atomic mass is 35.5. The summed E-state index contributed by atoms with van der Waals surface area (Å²) < 4.78 is 5.09. The topological polar surface area (TPSA) is 67.4 Å². The fourth-order valence-corrected chi connectivity index (χ4v) is 2.62. The number of amides is 2. The van der Waals surface area contributed by atoms with E-state index in [2.05, 4.69) is 10.6 Å². The van der Waals surface area contributed by atoms with Crippen LogP contribution in [0.15, 0.2) is 42.5 Å². The molecule has 0 aliphatic rings. The molecule has 0 heterocycles. The molecule has 6 heteroatoms. The van der Waals surface area contributed by atoms with Gasteiger partial charge in [-0.15, -0.1) is 0 Å². The van der Waals surface area contributed by atoms with Crippen molar-refractivity contribution in [3.8, 4) is 5.75 Å². The molecule has 5 nitrogen and oxygen atoms in total. The van der Waals surface area contributed by atoms with Gasteiger partial charge in [0.1, 0.15) is 11.2 Å². The van der Waals surface area contributed by atoms with Gasteiger partial charge in [0.25, 0.3) is 0 Å². The molecule has 2 N–H and O–H groups in total. The number of halogens is 1. The third-order valence-corrected chi connectivity index (χ3v) is 4.49. The molecule has 0 radical (unpaired) electrons. The second-order valence-electron chi connectivity index (χ2n) is 6.39. The molecule has 0 fully saturated rings. The number of para-hydroxylation sites is 1. The Morgan fingerprint density at radius 2 is 1.73 bits per heavy atom. The Morgan fingerprint density at radius 3 is 2.35 bits per heavy atom. The summed E-state index contributed by atoms with van der Waals surface area (Å²) in [5, 5.41) is 5.96. The van der Waals surface area contributed by atoms with Crippen LogP contribution in [-0.4, -0.2) is 18.9 Å². The Morgan fingerprint density at radius 1 is 1.08 bits per heavy atom. The van der Waals surface area contributed by atoms with Gasteiger partial charge in [-0.25, -0.2) is 0 Å². The van der Waals surface area contributed by atoms with Gasteiger partial charge >= 0.3 is 0 Å². The molecule has 2 aromatic carbocycles. The number of carbonyl (C=O) groups excluding carboxylic acids is 2. The summed E-state index contributed by atoms with van der Waals surface area (Å²) in [5.74, 6) is -0.293. The van der Waals surface area contributed by atoms with Gasteiger partial charge in [0.05, 0.1) is 12.1 Å². The van der Waals surface area contributed by atoms with Crippen LogP contribution < -0.4 is 15.4 Å². The second-order valence-corrected chi connectivity index (χ2v) is 6.80. The molecule has 0 spiro atoms. The third kappa shape index (κ3) is 4.35. The zero-order chi connectivity index (χ0) is 19.3. The SMILES string of the molecule is CCc1ccccc1NC(=O)C(C)(C)C(=O)Nc1ccc(OC)c(Cl)c1. The highest BCUT2D eigenvalue weighted by Crippen LogP contribution is 2.29. The molecular weight excluding hydrogens is 352 g/mol. The normalized spacial score (nSPS) is 11.0. The predicted octanol–water partition coefficient (Wildman–Crippen LogP) is 4.51. The van der Waals surface area contributed by atoms with Gasteiger partial charge in [-0.05, 0) is 50.1 Å². The van der Waals surface area contributed by atoms with E-state index in [4.69, 9.17) is 16.3 Å². The summed E-state index contributed by atoms with van der Waals surface area (Å²) >= 11 is 6.07. The highest BCUT2D eigenvalue weighted by molar-refractivity contribution is 6.32. The zero-order valence-corrected chi connectivity index (χ0v) is 16.1. The van der Waals surface area contributed by atoms with Crippen LogP contribution in [0.2, 0.25) is 5.02 Å². The van der Waals surface area contributed by atoms with Crippen LogP contribution in [-0.2, 0) is 16.0 Å². The Bertz CT molecular complexity index is 818. The number of nitrogens with one attached hydrogen (secondary N) is 2. The Labute approximate surface area is 158 Å². The van der Waals surface area contributed by atoms with Gasteiger partial charge in [-0.2, -0.15) is 0 Å². The minimum Gasteiger partial charge on any atom is -0.495 e. The number of hydrogen-bond donors (Lipinski definition) is 2. The number of carbonyl (C=O) groups is 2. The summed E-state index contributed by atoms with van der Waals surface area (Å²) in [7, 11) is 1.51. The van der Waals surface area contributed by atoms with Crippen molar-refractivity contribution in [2.24, 2.45) is 5.41 Å². The lowest BCUT2D eigenvalue weighted by atomic mass is 9.90. The lowest BCUT2D eigenvalue weighted by molar-refractivity contribution is -0.135. The summed E-state index contributed by atoms with van der Waals surface area (Å²) in [6.07, 6.45) is 0.785. The number of rotatable bonds is 6. The van der Waals surface area contributed by atoms with E-state index in [1.165, 1.54) is 7.11 Å². The summed E-state index contributed by atoms with van der Waals surface area (Å²) in [4.78, 5) is 25.3. The molecule has 0 saturated carbocycles. The first-order valence-electron chi connectivity index (χ1n) is 8.34. The number of anilines is 2. The highest BCUT2D eigenvalue weighted by Gasteiger charge is 2.36. The van der Waals surface area contributed by atoms with Crippen LogP contribution in [0.1, 0.15) is 26.3 Å². The molecule has 0 aliphatic carbocycles. The number of methoxy groups -OCH3 is 1. The molecule has 138 valence electrons. The maximum atomic E-state index is 12.7. The lowest BCUT2D eigenvalue weighted by Gasteiger charge is -2.23. The third-order valence-electron chi connectivity index (χ3n) is 4.19. The van der Waals surface area contributed by atoms with Gasteiger partial charge in [0.2, 0.25) is 11.8 Å². The number of hydrogen-bond acceptors (Lipinski definition) is 3. The molecule has 0 atom stereocenters. The van der Waals surface area contributed by atoms with Crippen molar-refractivity contribution in [1.29, 1.82) is 0 Å². The molecule has 0 unspecified atom stereocenters. The van der Waals surface area contributed by atoms with E-state index < -0.39 is 11.3 Å².